The average molecular weight is 283 g/mol. The molecule has 0 amide bonds. The molecule has 2 rings (SSSR count). The van der Waals surface area contributed by atoms with Gasteiger partial charge in [0, 0.05) is 12.2 Å². The zero-order valence-electron chi connectivity index (χ0n) is 10.6. The molecule has 0 aromatic heterocycles. The second-order valence-electron chi connectivity index (χ2n) is 5.40. The van der Waals surface area contributed by atoms with E-state index in [0.29, 0.717) is 15.4 Å². The lowest BCUT2D eigenvalue weighted by atomic mass is 9.89. The second-order valence-corrected chi connectivity index (χ2v) is 6.24. The Morgan fingerprint density at radius 3 is 2.72 bits per heavy atom. The van der Waals surface area contributed by atoms with Crippen LogP contribution in [0.4, 0.5) is 5.69 Å². The molecule has 4 heteroatoms. The van der Waals surface area contributed by atoms with Gasteiger partial charge in [-0.2, -0.15) is 0 Å². The Kier molecular flexibility index (Phi) is 4.13. The Morgan fingerprint density at radius 1 is 1.44 bits per heavy atom. The predicted molar refractivity (Wildman–Crippen MR) is 82.4 cm³/mol. The molecule has 1 saturated carbocycles. The van der Waals surface area contributed by atoms with Crippen molar-refractivity contribution < 1.29 is 0 Å². The fourth-order valence-electron chi connectivity index (χ4n) is 2.64. The molecule has 0 heterocycles. The molecular weight excluding hydrogens is 264 g/mol. The Labute approximate surface area is 119 Å². The van der Waals surface area contributed by atoms with Crippen LogP contribution in [0.2, 0.25) is 5.02 Å². The van der Waals surface area contributed by atoms with Gasteiger partial charge in [0.15, 0.2) is 0 Å². The van der Waals surface area contributed by atoms with Gasteiger partial charge in [-0.1, -0.05) is 49.7 Å². The van der Waals surface area contributed by atoms with Crippen LogP contribution >= 0.6 is 23.8 Å². The van der Waals surface area contributed by atoms with E-state index in [0.717, 1.165) is 17.8 Å². The van der Waals surface area contributed by atoms with Crippen molar-refractivity contribution in [2.24, 2.45) is 11.1 Å². The summed E-state index contributed by atoms with van der Waals surface area (Å²) in [4.78, 5) is 0.347. The molecule has 0 unspecified atom stereocenters. The number of halogens is 1. The van der Waals surface area contributed by atoms with Gasteiger partial charge < -0.3 is 11.1 Å². The zero-order valence-corrected chi connectivity index (χ0v) is 12.2. The molecule has 0 atom stereocenters. The molecule has 18 heavy (non-hydrogen) atoms. The normalized spacial score (nSPS) is 17.7. The number of thiocarbonyl (C=S) groups is 1. The van der Waals surface area contributed by atoms with Crippen LogP contribution in [0, 0.1) is 5.41 Å². The van der Waals surface area contributed by atoms with Crippen LogP contribution in [-0.4, -0.2) is 11.5 Å². The summed E-state index contributed by atoms with van der Waals surface area (Å²) in [7, 11) is 0. The molecule has 1 aliphatic rings. The summed E-state index contributed by atoms with van der Waals surface area (Å²) in [5.41, 5.74) is 7.83. The number of anilines is 1. The lowest BCUT2D eigenvalue weighted by molar-refractivity contribution is 0.362. The molecule has 1 aromatic carbocycles. The summed E-state index contributed by atoms with van der Waals surface area (Å²) in [5, 5.41) is 4.08. The molecule has 1 fully saturated rings. The third-order valence-electron chi connectivity index (χ3n) is 3.78. The summed E-state index contributed by atoms with van der Waals surface area (Å²) in [6.07, 6.45) is 5.22. The molecule has 0 saturated heterocycles. The van der Waals surface area contributed by atoms with Crippen LogP contribution < -0.4 is 11.1 Å². The first kappa shape index (κ1) is 13.6. The highest BCUT2D eigenvalue weighted by atomic mass is 35.5. The van der Waals surface area contributed by atoms with Gasteiger partial charge in [0.25, 0.3) is 0 Å². The van der Waals surface area contributed by atoms with Crippen LogP contribution in [0.25, 0.3) is 0 Å². The first-order chi connectivity index (χ1) is 8.52. The van der Waals surface area contributed by atoms with Crippen molar-refractivity contribution in [3.05, 3.63) is 28.8 Å². The summed E-state index contributed by atoms with van der Waals surface area (Å²) < 4.78 is 0. The third-order valence-corrected chi connectivity index (χ3v) is 4.30. The Morgan fingerprint density at radius 2 is 2.11 bits per heavy atom. The zero-order chi connectivity index (χ0) is 13.2. The maximum absolute atomic E-state index is 6.15. The number of hydrogen-bond donors (Lipinski definition) is 2. The fraction of sp³-hybridized carbons (Fsp3) is 0.500. The summed E-state index contributed by atoms with van der Waals surface area (Å²) in [5.74, 6) is 0. The first-order valence-corrected chi connectivity index (χ1v) is 7.13. The van der Waals surface area contributed by atoms with E-state index in [1.165, 1.54) is 25.7 Å². The van der Waals surface area contributed by atoms with Crippen molar-refractivity contribution in [2.45, 2.75) is 32.6 Å². The number of nitrogens with two attached hydrogens (primary N) is 1. The van der Waals surface area contributed by atoms with Gasteiger partial charge in [0.1, 0.15) is 4.99 Å². The van der Waals surface area contributed by atoms with E-state index in [4.69, 9.17) is 29.6 Å². The molecular formula is C14H19ClN2S. The minimum absolute atomic E-state index is 0.347. The van der Waals surface area contributed by atoms with Crippen molar-refractivity contribution in [2.75, 3.05) is 11.9 Å². The lowest BCUT2D eigenvalue weighted by Gasteiger charge is -2.25. The topological polar surface area (TPSA) is 38.0 Å². The highest BCUT2D eigenvalue weighted by Crippen LogP contribution is 2.38. The van der Waals surface area contributed by atoms with Gasteiger partial charge in [-0.3, -0.25) is 0 Å². The van der Waals surface area contributed by atoms with Crippen molar-refractivity contribution in [3.63, 3.8) is 0 Å². The highest BCUT2D eigenvalue weighted by molar-refractivity contribution is 7.80. The van der Waals surface area contributed by atoms with E-state index in [1.807, 2.05) is 18.2 Å². The average Bonchev–Trinajstić information content (AvgIpc) is 2.73. The molecule has 3 N–H and O–H groups in total. The highest BCUT2D eigenvalue weighted by Gasteiger charge is 2.28. The van der Waals surface area contributed by atoms with Crippen LogP contribution in [-0.2, 0) is 0 Å². The monoisotopic (exact) mass is 282 g/mol. The minimum Gasteiger partial charge on any atom is -0.389 e. The van der Waals surface area contributed by atoms with Gasteiger partial charge in [-0.05, 0) is 30.4 Å². The van der Waals surface area contributed by atoms with Gasteiger partial charge in [0.2, 0.25) is 0 Å². The summed E-state index contributed by atoms with van der Waals surface area (Å²) >= 11 is 11.2. The largest absolute Gasteiger partial charge is 0.389 e. The Bertz CT molecular complexity index is 453. The molecule has 98 valence electrons. The van der Waals surface area contributed by atoms with E-state index in [2.05, 4.69) is 12.2 Å². The predicted octanol–water partition coefficient (Wildman–Crippen LogP) is 3.97. The molecule has 0 aliphatic heterocycles. The van der Waals surface area contributed by atoms with E-state index < -0.39 is 0 Å². The number of rotatable bonds is 4. The summed E-state index contributed by atoms with van der Waals surface area (Å²) in [6, 6.07) is 5.72. The molecule has 0 bridgehead atoms. The van der Waals surface area contributed by atoms with Crippen LogP contribution in [0.3, 0.4) is 0 Å². The van der Waals surface area contributed by atoms with Crippen molar-refractivity contribution >= 4 is 34.5 Å². The van der Waals surface area contributed by atoms with Gasteiger partial charge >= 0.3 is 0 Å². The number of hydrogen-bond acceptors (Lipinski definition) is 2. The smallest absolute Gasteiger partial charge is 0.107 e. The molecule has 0 radical (unpaired) electrons. The third kappa shape index (κ3) is 2.96. The minimum atomic E-state index is 0.347. The van der Waals surface area contributed by atoms with E-state index in [9.17, 15) is 0 Å². The maximum atomic E-state index is 6.15. The van der Waals surface area contributed by atoms with E-state index in [1.54, 1.807) is 0 Å². The standard InChI is InChI=1S/C14H19ClN2S/c1-14(7-2-3-8-14)9-17-11-6-4-5-10(15)12(11)13(16)18/h4-6,17H,2-3,7-9H2,1H3,(H2,16,18). The van der Waals surface area contributed by atoms with Crippen LogP contribution in [0.5, 0.6) is 0 Å². The quantitative estimate of drug-likeness (QED) is 0.821. The number of benzene rings is 1. The maximum Gasteiger partial charge on any atom is 0.107 e. The number of nitrogens with one attached hydrogen (secondary N) is 1. The van der Waals surface area contributed by atoms with Crippen molar-refractivity contribution in [1.29, 1.82) is 0 Å². The molecule has 1 aliphatic carbocycles. The molecule has 2 nitrogen and oxygen atoms in total. The lowest BCUT2D eigenvalue weighted by Crippen LogP contribution is -2.24. The van der Waals surface area contributed by atoms with Crippen molar-refractivity contribution in [1.82, 2.24) is 0 Å². The van der Waals surface area contributed by atoms with Gasteiger partial charge in [-0.15, -0.1) is 0 Å². The SMILES string of the molecule is CC1(CNc2cccc(Cl)c2C(N)=S)CCCC1. The van der Waals surface area contributed by atoms with Gasteiger partial charge in [-0.25, -0.2) is 0 Å². The molecule has 1 aromatic rings. The van der Waals surface area contributed by atoms with Crippen molar-refractivity contribution in [3.8, 4) is 0 Å². The van der Waals surface area contributed by atoms with Crippen LogP contribution in [0.15, 0.2) is 18.2 Å². The second kappa shape index (κ2) is 5.45. The Hall–Kier alpha value is -0.800. The van der Waals surface area contributed by atoms with Crippen LogP contribution in [0.1, 0.15) is 38.2 Å². The summed E-state index contributed by atoms with van der Waals surface area (Å²) in [6.45, 7) is 3.28. The Balaban J connectivity index is 2.14. The van der Waals surface area contributed by atoms with E-state index in [-0.39, 0.29) is 0 Å². The van der Waals surface area contributed by atoms with Gasteiger partial charge in [0.05, 0.1) is 10.6 Å². The first-order valence-electron chi connectivity index (χ1n) is 6.34. The fourth-order valence-corrected chi connectivity index (χ4v) is 3.19. The van der Waals surface area contributed by atoms with E-state index >= 15 is 0 Å². The molecule has 0 spiro atoms.